The largest absolute Gasteiger partial charge is 0.430 e. The molecule has 2 N–H and O–H groups in total. The molecule has 0 aliphatic heterocycles. The fourth-order valence-corrected chi connectivity index (χ4v) is 1.47. The van der Waals surface area contributed by atoms with E-state index in [2.05, 4.69) is 10.2 Å². The van der Waals surface area contributed by atoms with Crippen LogP contribution in [0.15, 0.2) is 23.7 Å². The molecule has 0 amide bonds. The maximum Gasteiger partial charge on any atom is 0.299 e. The number of aromatic nitrogens is 2. The molecule has 0 aliphatic carbocycles. The van der Waals surface area contributed by atoms with Crippen LogP contribution in [0.3, 0.4) is 0 Å². The predicted molar refractivity (Wildman–Crippen MR) is 55.8 cm³/mol. The number of nitrogen functional groups attached to an aromatic ring is 1. The summed E-state index contributed by atoms with van der Waals surface area (Å²) in [5.41, 5.74) is 7.67. The summed E-state index contributed by atoms with van der Waals surface area (Å²) in [5.74, 6) is 0.598. The van der Waals surface area contributed by atoms with Gasteiger partial charge in [0.25, 0.3) is 5.19 Å². The quantitative estimate of drug-likeness (QED) is 0.801. The summed E-state index contributed by atoms with van der Waals surface area (Å²) < 4.78 is 5.36. The van der Waals surface area contributed by atoms with Gasteiger partial charge in [0.1, 0.15) is 11.3 Å². The van der Waals surface area contributed by atoms with Crippen LogP contribution in [-0.4, -0.2) is 10.2 Å². The van der Waals surface area contributed by atoms with Crippen LogP contribution in [0.1, 0.15) is 0 Å². The molecule has 2 rings (SSSR count). The zero-order chi connectivity index (χ0) is 9.97. The zero-order valence-corrected chi connectivity index (χ0v) is 8.55. The third kappa shape index (κ3) is 1.94. The van der Waals surface area contributed by atoms with Crippen LogP contribution in [0.5, 0.6) is 10.9 Å². The fraction of sp³-hybridized carbons (Fsp3) is 0. The number of benzene rings is 1. The van der Waals surface area contributed by atoms with Crippen molar-refractivity contribution in [3.63, 3.8) is 0 Å². The Hall–Kier alpha value is -1.33. The number of hydrogen-bond acceptors (Lipinski definition) is 5. The first-order valence-corrected chi connectivity index (χ1v) is 5.00. The van der Waals surface area contributed by atoms with E-state index in [1.54, 1.807) is 23.7 Å². The monoisotopic (exact) mass is 227 g/mol. The molecule has 0 spiro atoms. The van der Waals surface area contributed by atoms with E-state index in [9.17, 15) is 0 Å². The molecule has 0 radical (unpaired) electrons. The van der Waals surface area contributed by atoms with Gasteiger partial charge in [0.15, 0.2) is 0 Å². The summed E-state index contributed by atoms with van der Waals surface area (Å²) in [4.78, 5) is 0. The summed E-state index contributed by atoms with van der Waals surface area (Å²) in [5, 5.41) is 8.32. The standard InChI is InChI=1S/C8H6ClN3OS/c9-6-3-5(1-2-7(6)10)13-8-12-11-4-14-8/h1-4H,10H2. The van der Waals surface area contributed by atoms with Crippen molar-refractivity contribution in [1.29, 1.82) is 0 Å². The van der Waals surface area contributed by atoms with Crippen LogP contribution in [0, 0.1) is 0 Å². The van der Waals surface area contributed by atoms with E-state index in [0.717, 1.165) is 0 Å². The number of anilines is 1. The lowest BCUT2D eigenvalue weighted by Gasteiger charge is -2.02. The highest BCUT2D eigenvalue weighted by molar-refractivity contribution is 7.11. The van der Waals surface area contributed by atoms with E-state index in [0.29, 0.717) is 21.7 Å². The van der Waals surface area contributed by atoms with Crippen molar-refractivity contribution in [2.45, 2.75) is 0 Å². The van der Waals surface area contributed by atoms with Crippen molar-refractivity contribution in [3.05, 3.63) is 28.7 Å². The molecule has 6 heteroatoms. The van der Waals surface area contributed by atoms with Gasteiger partial charge in [0.05, 0.1) is 10.7 Å². The summed E-state index contributed by atoms with van der Waals surface area (Å²) in [6, 6.07) is 5.04. The van der Waals surface area contributed by atoms with Gasteiger partial charge in [-0.3, -0.25) is 0 Å². The minimum Gasteiger partial charge on any atom is -0.430 e. The van der Waals surface area contributed by atoms with Crippen LogP contribution in [0.25, 0.3) is 0 Å². The van der Waals surface area contributed by atoms with E-state index in [1.165, 1.54) is 11.3 Å². The molecule has 0 saturated heterocycles. The maximum absolute atomic E-state index is 5.82. The summed E-state index contributed by atoms with van der Waals surface area (Å²) >= 11 is 7.13. The van der Waals surface area contributed by atoms with Crippen LogP contribution < -0.4 is 10.5 Å². The molecule has 0 saturated carbocycles. The number of rotatable bonds is 2. The molecule has 1 aromatic heterocycles. The second kappa shape index (κ2) is 3.81. The first kappa shape index (κ1) is 9.23. The SMILES string of the molecule is Nc1ccc(Oc2nncs2)cc1Cl. The third-order valence-electron chi connectivity index (χ3n) is 1.52. The van der Waals surface area contributed by atoms with Gasteiger partial charge in [0, 0.05) is 6.07 Å². The predicted octanol–water partition coefficient (Wildman–Crippen LogP) is 2.57. The van der Waals surface area contributed by atoms with Crippen molar-refractivity contribution in [2.75, 3.05) is 5.73 Å². The van der Waals surface area contributed by atoms with Crippen LogP contribution in [-0.2, 0) is 0 Å². The van der Waals surface area contributed by atoms with E-state index in [4.69, 9.17) is 22.1 Å². The normalized spacial score (nSPS) is 10.1. The van der Waals surface area contributed by atoms with E-state index in [-0.39, 0.29) is 0 Å². The maximum atomic E-state index is 5.82. The van der Waals surface area contributed by atoms with Crippen LogP contribution in [0.2, 0.25) is 5.02 Å². The highest BCUT2D eigenvalue weighted by Gasteiger charge is 2.02. The number of nitrogens with two attached hydrogens (primary N) is 1. The highest BCUT2D eigenvalue weighted by atomic mass is 35.5. The third-order valence-corrected chi connectivity index (χ3v) is 2.41. The van der Waals surface area contributed by atoms with Gasteiger partial charge in [-0.25, -0.2) is 0 Å². The average molecular weight is 228 g/mol. The van der Waals surface area contributed by atoms with Crippen molar-refractivity contribution < 1.29 is 4.74 Å². The van der Waals surface area contributed by atoms with Gasteiger partial charge in [-0.15, -0.1) is 5.10 Å². The molecule has 2 aromatic rings. The minimum atomic E-state index is 0.465. The molecular weight excluding hydrogens is 222 g/mol. The molecule has 4 nitrogen and oxygen atoms in total. The Bertz CT molecular complexity index is 432. The van der Waals surface area contributed by atoms with Crippen LogP contribution in [0.4, 0.5) is 5.69 Å². The molecule has 0 aliphatic rings. The molecule has 0 atom stereocenters. The van der Waals surface area contributed by atoms with Gasteiger partial charge < -0.3 is 10.5 Å². The van der Waals surface area contributed by atoms with Crippen molar-refractivity contribution in [1.82, 2.24) is 10.2 Å². The summed E-state index contributed by atoms with van der Waals surface area (Å²) in [7, 11) is 0. The van der Waals surface area contributed by atoms with Gasteiger partial charge in [-0.05, 0) is 12.1 Å². The second-order valence-electron chi connectivity index (χ2n) is 2.49. The highest BCUT2D eigenvalue weighted by Crippen LogP contribution is 2.28. The van der Waals surface area contributed by atoms with Gasteiger partial charge in [-0.2, -0.15) is 0 Å². The Balaban J connectivity index is 2.22. The van der Waals surface area contributed by atoms with Gasteiger partial charge in [0.2, 0.25) is 0 Å². The zero-order valence-electron chi connectivity index (χ0n) is 6.98. The molecule has 72 valence electrons. The van der Waals surface area contributed by atoms with Gasteiger partial charge >= 0.3 is 0 Å². The smallest absolute Gasteiger partial charge is 0.299 e. The van der Waals surface area contributed by atoms with Crippen molar-refractivity contribution >= 4 is 28.6 Å². The number of ether oxygens (including phenoxy) is 1. The number of halogens is 1. The second-order valence-corrected chi connectivity index (χ2v) is 3.69. The minimum absolute atomic E-state index is 0.465. The Kier molecular flexibility index (Phi) is 2.51. The Morgan fingerprint density at radius 2 is 2.29 bits per heavy atom. The summed E-state index contributed by atoms with van der Waals surface area (Å²) in [6.45, 7) is 0. The Morgan fingerprint density at radius 3 is 2.93 bits per heavy atom. The topological polar surface area (TPSA) is 61.0 Å². The van der Waals surface area contributed by atoms with Gasteiger partial charge in [-0.1, -0.05) is 28.0 Å². The number of nitrogens with zero attached hydrogens (tertiary/aromatic N) is 2. The molecule has 1 aromatic carbocycles. The van der Waals surface area contributed by atoms with Crippen LogP contribution >= 0.6 is 22.9 Å². The van der Waals surface area contributed by atoms with E-state index >= 15 is 0 Å². The molecule has 0 bridgehead atoms. The Morgan fingerprint density at radius 1 is 1.43 bits per heavy atom. The molecular formula is C8H6ClN3OS. The fourth-order valence-electron chi connectivity index (χ4n) is 0.880. The average Bonchev–Trinajstić information content (AvgIpc) is 2.64. The summed E-state index contributed by atoms with van der Waals surface area (Å²) in [6.07, 6.45) is 0. The number of hydrogen-bond donors (Lipinski definition) is 1. The van der Waals surface area contributed by atoms with Crippen molar-refractivity contribution in [3.8, 4) is 10.9 Å². The molecule has 0 fully saturated rings. The first-order chi connectivity index (χ1) is 6.75. The van der Waals surface area contributed by atoms with Crippen molar-refractivity contribution in [2.24, 2.45) is 0 Å². The van der Waals surface area contributed by atoms with E-state index < -0.39 is 0 Å². The lowest BCUT2D eigenvalue weighted by atomic mass is 10.3. The first-order valence-electron chi connectivity index (χ1n) is 3.75. The lowest BCUT2D eigenvalue weighted by molar-refractivity contribution is 0.473. The Labute approximate surface area is 89.3 Å². The molecule has 14 heavy (non-hydrogen) atoms. The van der Waals surface area contributed by atoms with E-state index in [1.807, 2.05) is 0 Å². The molecule has 1 heterocycles. The molecule has 0 unspecified atom stereocenters. The lowest BCUT2D eigenvalue weighted by Crippen LogP contribution is -1.88.